The second kappa shape index (κ2) is 11.5. The average Bonchev–Trinajstić information content (AvgIpc) is 2.54. The normalized spacial score (nSPS) is 33.3. The summed E-state index contributed by atoms with van der Waals surface area (Å²) in [5.74, 6) is 3.37. The quantitative estimate of drug-likeness (QED) is 0.561. The first-order chi connectivity index (χ1) is 10.5. The summed E-state index contributed by atoms with van der Waals surface area (Å²) >= 11 is 0. The summed E-state index contributed by atoms with van der Waals surface area (Å²) in [6.07, 6.45) is 5.14. The highest BCUT2D eigenvalue weighted by atomic mass is 16.7. The summed E-state index contributed by atoms with van der Waals surface area (Å²) in [6, 6.07) is 0. The monoisotopic (exact) mass is 314 g/mol. The van der Waals surface area contributed by atoms with Crippen molar-refractivity contribution in [1.29, 1.82) is 0 Å². The van der Waals surface area contributed by atoms with Crippen molar-refractivity contribution in [3.05, 3.63) is 0 Å². The summed E-state index contributed by atoms with van der Waals surface area (Å²) in [6.45, 7) is 18.0. The molecule has 22 heavy (non-hydrogen) atoms. The molecule has 0 saturated carbocycles. The number of methoxy groups -OCH3 is 1. The van der Waals surface area contributed by atoms with Gasteiger partial charge in [-0.2, -0.15) is 0 Å². The molecule has 2 nitrogen and oxygen atoms in total. The van der Waals surface area contributed by atoms with E-state index < -0.39 is 0 Å². The van der Waals surface area contributed by atoms with Crippen molar-refractivity contribution < 1.29 is 9.47 Å². The van der Waals surface area contributed by atoms with Crippen LogP contribution in [0.1, 0.15) is 81.1 Å². The SMILES string of the molecule is CC.CCC(C)CC1OC(OC)C(CC)C(C(C)C)C1CC. The lowest BCUT2D eigenvalue weighted by molar-refractivity contribution is -0.255. The number of rotatable bonds is 7. The molecule has 0 aliphatic carbocycles. The van der Waals surface area contributed by atoms with E-state index in [1.165, 1.54) is 19.3 Å². The topological polar surface area (TPSA) is 18.5 Å². The van der Waals surface area contributed by atoms with Crippen LogP contribution in [0.4, 0.5) is 0 Å². The van der Waals surface area contributed by atoms with Crippen LogP contribution in [0.25, 0.3) is 0 Å². The van der Waals surface area contributed by atoms with Gasteiger partial charge >= 0.3 is 0 Å². The average molecular weight is 315 g/mol. The van der Waals surface area contributed by atoms with Crippen LogP contribution in [0.2, 0.25) is 0 Å². The molecular weight excluding hydrogens is 272 g/mol. The Labute approximate surface area is 140 Å². The second-order valence-corrected chi connectivity index (χ2v) is 6.99. The number of ether oxygens (including phenoxy) is 2. The zero-order valence-electron chi connectivity index (χ0n) is 16.7. The lowest BCUT2D eigenvalue weighted by atomic mass is 9.67. The molecule has 1 heterocycles. The van der Waals surface area contributed by atoms with E-state index in [9.17, 15) is 0 Å². The Bertz CT molecular complexity index is 264. The van der Waals surface area contributed by atoms with Gasteiger partial charge in [-0.05, 0) is 36.5 Å². The van der Waals surface area contributed by atoms with Crippen LogP contribution in [-0.2, 0) is 9.47 Å². The molecule has 0 spiro atoms. The molecule has 0 aromatic rings. The van der Waals surface area contributed by atoms with Crippen LogP contribution in [0, 0.1) is 29.6 Å². The molecule has 2 heteroatoms. The van der Waals surface area contributed by atoms with Gasteiger partial charge in [-0.25, -0.2) is 0 Å². The minimum atomic E-state index is -0.00995. The molecule has 6 atom stereocenters. The first-order valence-electron chi connectivity index (χ1n) is 9.68. The standard InChI is InChI=1S/C18H36O2.C2H6/c1-8-13(6)11-16-14(9-2)17(12(4)5)15(10-3)18(19-7)20-16;1-2/h12-18H,8-11H2,1-7H3;1-2H3. The van der Waals surface area contributed by atoms with E-state index in [1.807, 2.05) is 13.8 Å². The van der Waals surface area contributed by atoms with E-state index in [4.69, 9.17) is 9.47 Å². The molecule has 6 unspecified atom stereocenters. The van der Waals surface area contributed by atoms with Crippen LogP contribution < -0.4 is 0 Å². The van der Waals surface area contributed by atoms with Gasteiger partial charge in [0.05, 0.1) is 6.10 Å². The smallest absolute Gasteiger partial charge is 0.160 e. The summed E-state index contributed by atoms with van der Waals surface area (Å²) in [5.41, 5.74) is 0. The highest BCUT2D eigenvalue weighted by Crippen LogP contribution is 2.44. The molecule has 0 aromatic heterocycles. The fraction of sp³-hybridized carbons (Fsp3) is 1.00. The zero-order chi connectivity index (χ0) is 17.3. The summed E-state index contributed by atoms with van der Waals surface area (Å²) in [5, 5.41) is 0. The maximum atomic E-state index is 6.37. The Balaban J connectivity index is 0.00000211. The highest BCUT2D eigenvalue weighted by molar-refractivity contribution is 4.90. The summed E-state index contributed by atoms with van der Waals surface area (Å²) in [7, 11) is 1.80. The first kappa shape index (κ1) is 21.9. The molecule has 134 valence electrons. The molecule has 0 aromatic carbocycles. The van der Waals surface area contributed by atoms with Gasteiger partial charge in [0.1, 0.15) is 0 Å². The molecule has 1 aliphatic heterocycles. The molecule has 1 rings (SSSR count). The minimum absolute atomic E-state index is 0.00995. The Hall–Kier alpha value is -0.0800. The summed E-state index contributed by atoms with van der Waals surface area (Å²) in [4.78, 5) is 0. The highest BCUT2D eigenvalue weighted by Gasteiger charge is 2.45. The van der Waals surface area contributed by atoms with E-state index in [0.717, 1.165) is 18.3 Å². The van der Waals surface area contributed by atoms with E-state index in [-0.39, 0.29) is 6.29 Å². The van der Waals surface area contributed by atoms with Crippen LogP contribution >= 0.6 is 0 Å². The number of hydrogen-bond donors (Lipinski definition) is 0. The molecule has 1 fully saturated rings. The van der Waals surface area contributed by atoms with Crippen LogP contribution in [0.3, 0.4) is 0 Å². The largest absolute Gasteiger partial charge is 0.356 e. The Morgan fingerprint density at radius 2 is 1.50 bits per heavy atom. The van der Waals surface area contributed by atoms with Crippen molar-refractivity contribution >= 4 is 0 Å². The maximum Gasteiger partial charge on any atom is 0.160 e. The first-order valence-corrected chi connectivity index (χ1v) is 9.68. The predicted molar refractivity (Wildman–Crippen MR) is 97.0 cm³/mol. The van der Waals surface area contributed by atoms with Crippen LogP contribution in [-0.4, -0.2) is 19.5 Å². The van der Waals surface area contributed by atoms with E-state index in [0.29, 0.717) is 23.9 Å². The van der Waals surface area contributed by atoms with Crippen molar-refractivity contribution in [3.63, 3.8) is 0 Å². The Morgan fingerprint density at radius 3 is 1.86 bits per heavy atom. The van der Waals surface area contributed by atoms with Gasteiger partial charge in [-0.3, -0.25) is 0 Å². The van der Waals surface area contributed by atoms with Gasteiger partial charge in [0, 0.05) is 13.0 Å². The van der Waals surface area contributed by atoms with E-state index in [1.54, 1.807) is 7.11 Å². The molecule has 0 N–H and O–H groups in total. The molecule has 0 bridgehead atoms. The van der Waals surface area contributed by atoms with Crippen molar-refractivity contribution in [2.75, 3.05) is 7.11 Å². The third-order valence-electron chi connectivity index (χ3n) is 5.40. The van der Waals surface area contributed by atoms with Gasteiger partial charge in [-0.1, -0.05) is 68.2 Å². The van der Waals surface area contributed by atoms with E-state index >= 15 is 0 Å². The molecule has 0 amide bonds. The fourth-order valence-corrected chi connectivity index (χ4v) is 4.13. The van der Waals surface area contributed by atoms with Crippen LogP contribution in [0.5, 0.6) is 0 Å². The Kier molecular flexibility index (Phi) is 11.4. The summed E-state index contributed by atoms with van der Waals surface area (Å²) < 4.78 is 12.1. The van der Waals surface area contributed by atoms with Gasteiger partial charge in [0.2, 0.25) is 0 Å². The van der Waals surface area contributed by atoms with Crippen molar-refractivity contribution in [2.24, 2.45) is 29.6 Å². The van der Waals surface area contributed by atoms with Gasteiger partial charge in [-0.15, -0.1) is 0 Å². The Morgan fingerprint density at radius 1 is 0.955 bits per heavy atom. The van der Waals surface area contributed by atoms with Gasteiger partial charge in [0.25, 0.3) is 0 Å². The molecule has 0 radical (unpaired) electrons. The third kappa shape index (κ3) is 5.53. The maximum absolute atomic E-state index is 6.37. The van der Waals surface area contributed by atoms with Crippen LogP contribution in [0.15, 0.2) is 0 Å². The van der Waals surface area contributed by atoms with Gasteiger partial charge in [0.15, 0.2) is 6.29 Å². The minimum Gasteiger partial charge on any atom is -0.356 e. The lowest BCUT2D eigenvalue weighted by Gasteiger charge is -2.49. The van der Waals surface area contributed by atoms with Crippen molar-refractivity contribution in [1.82, 2.24) is 0 Å². The third-order valence-corrected chi connectivity index (χ3v) is 5.40. The van der Waals surface area contributed by atoms with Crippen molar-refractivity contribution in [3.8, 4) is 0 Å². The van der Waals surface area contributed by atoms with Gasteiger partial charge < -0.3 is 9.47 Å². The lowest BCUT2D eigenvalue weighted by Crippen LogP contribution is -2.50. The zero-order valence-corrected chi connectivity index (χ0v) is 16.7. The fourth-order valence-electron chi connectivity index (χ4n) is 4.13. The number of hydrogen-bond acceptors (Lipinski definition) is 2. The second-order valence-electron chi connectivity index (χ2n) is 6.99. The molecule has 1 saturated heterocycles. The predicted octanol–water partition coefficient (Wildman–Crippen LogP) is 6.14. The molecular formula is C20H42O2. The van der Waals surface area contributed by atoms with Crippen molar-refractivity contribution in [2.45, 2.75) is 93.5 Å². The van der Waals surface area contributed by atoms with E-state index in [2.05, 4.69) is 41.5 Å². The molecule has 1 aliphatic rings.